The maximum absolute atomic E-state index is 12.7. The second kappa shape index (κ2) is 7.69. The van der Waals surface area contributed by atoms with Crippen LogP contribution in [0.2, 0.25) is 0 Å². The molecule has 0 aliphatic carbocycles. The predicted octanol–water partition coefficient (Wildman–Crippen LogP) is 2.90. The Labute approximate surface area is 131 Å². The number of pyridine rings is 1. The molecule has 21 heavy (non-hydrogen) atoms. The second-order valence-electron chi connectivity index (χ2n) is 5.62. The lowest BCUT2D eigenvalue weighted by molar-refractivity contribution is 0.0763. The molecular formula is C16H25N3OS. The standard InChI is InChI=1S/C16H25N3OS/c1-4-21-14-7-5-6-10-19(12-14)16(20)13-8-9-17-15(11-13)18(2)3/h8-9,11,14H,4-7,10,12H2,1-3H3. The van der Waals surface area contributed by atoms with E-state index in [0.29, 0.717) is 5.25 Å². The summed E-state index contributed by atoms with van der Waals surface area (Å²) in [5.41, 5.74) is 0.746. The van der Waals surface area contributed by atoms with Gasteiger partial charge in [-0.15, -0.1) is 0 Å². The first-order valence-electron chi connectivity index (χ1n) is 7.66. The summed E-state index contributed by atoms with van der Waals surface area (Å²) in [6.07, 6.45) is 5.28. The molecule has 0 saturated carbocycles. The summed E-state index contributed by atoms with van der Waals surface area (Å²) in [5.74, 6) is 2.09. The molecular weight excluding hydrogens is 282 g/mol. The van der Waals surface area contributed by atoms with E-state index in [1.54, 1.807) is 6.20 Å². The van der Waals surface area contributed by atoms with Crippen LogP contribution >= 0.6 is 11.8 Å². The number of anilines is 1. The van der Waals surface area contributed by atoms with E-state index in [2.05, 4.69) is 11.9 Å². The van der Waals surface area contributed by atoms with E-state index in [9.17, 15) is 4.79 Å². The van der Waals surface area contributed by atoms with Crippen molar-refractivity contribution in [3.8, 4) is 0 Å². The molecule has 0 aromatic carbocycles. The molecule has 0 N–H and O–H groups in total. The molecule has 0 bridgehead atoms. The van der Waals surface area contributed by atoms with E-state index in [-0.39, 0.29) is 5.91 Å². The van der Waals surface area contributed by atoms with Gasteiger partial charge in [0.1, 0.15) is 5.82 Å². The van der Waals surface area contributed by atoms with Gasteiger partial charge in [-0.1, -0.05) is 13.3 Å². The number of likely N-dealkylation sites (tertiary alicyclic amines) is 1. The number of rotatable bonds is 4. The molecule has 1 atom stereocenters. The van der Waals surface area contributed by atoms with Crippen molar-refractivity contribution < 1.29 is 4.79 Å². The number of nitrogens with zero attached hydrogens (tertiary/aromatic N) is 3. The van der Waals surface area contributed by atoms with E-state index < -0.39 is 0 Å². The van der Waals surface area contributed by atoms with Crippen LogP contribution in [0.4, 0.5) is 5.82 Å². The molecule has 1 aromatic heterocycles. The van der Waals surface area contributed by atoms with Gasteiger partial charge in [0, 0.05) is 44.2 Å². The molecule has 5 heteroatoms. The van der Waals surface area contributed by atoms with E-state index >= 15 is 0 Å². The first kappa shape index (κ1) is 16.1. The van der Waals surface area contributed by atoms with Crippen LogP contribution in [0.15, 0.2) is 18.3 Å². The summed E-state index contributed by atoms with van der Waals surface area (Å²) < 4.78 is 0. The largest absolute Gasteiger partial charge is 0.363 e. The monoisotopic (exact) mass is 307 g/mol. The summed E-state index contributed by atoms with van der Waals surface area (Å²) in [6.45, 7) is 3.93. The van der Waals surface area contributed by atoms with Crippen molar-refractivity contribution in [1.82, 2.24) is 9.88 Å². The fourth-order valence-electron chi connectivity index (χ4n) is 2.64. The Morgan fingerprint density at radius 1 is 1.48 bits per heavy atom. The van der Waals surface area contributed by atoms with Crippen LogP contribution in [0.3, 0.4) is 0 Å². The minimum absolute atomic E-state index is 0.143. The van der Waals surface area contributed by atoms with Gasteiger partial charge in [-0.3, -0.25) is 4.79 Å². The summed E-state index contributed by atoms with van der Waals surface area (Å²) in [4.78, 5) is 21.0. The Morgan fingerprint density at radius 2 is 2.29 bits per heavy atom. The van der Waals surface area contributed by atoms with Crippen molar-refractivity contribution >= 4 is 23.5 Å². The lowest BCUT2D eigenvalue weighted by atomic mass is 10.2. The maximum Gasteiger partial charge on any atom is 0.254 e. The fraction of sp³-hybridized carbons (Fsp3) is 0.625. The lowest BCUT2D eigenvalue weighted by Gasteiger charge is -2.24. The average Bonchev–Trinajstić information content (AvgIpc) is 2.72. The minimum atomic E-state index is 0.143. The van der Waals surface area contributed by atoms with E-state index in [1.807, 2.05) is 47.8 Å². The highest BCUT2D eigenvalue weighted by Gasteiger charge is 2.23. The number of amides is 1. The number of carbonyl (C=O) groups is 1. The first-order chi connectivity index (χ1) is 10.1. The highest BCUT2D eigenvalue weighted by molar-refractivity contribution is 7.99. The van der Waals surface area contributed by atoms with Crippen LogP contribution in [0.5, 0.6) is 0 Å². The Hall–Kier alpha value is -1.23. The van der Waals surface area contributed by atoms with Crippen molar-refractivity contribution in [2.75, 3.05) is 37.8 Å². The molecule has 2 heterocycles. The molecule has 1 amide bonds. The van der Waals surface area contributed by atoms with E-state index in [4.69, 9.17) is 0 Å². The normalized spacial score (nSPS) is 19.2. The van der Waals surface area contributed by atoms with Crippen molar-refractivity contribution in [2.24, 2.45) is 0 Å². The highest BCUT2D eigenvalue weighted by atomic mass is 32.2. The van der Waals surface area contributed by atoms with E-state index in [0.717, 1.165) is 36.6 Å². The third-order valence-electron chi connectivity index (χ3n) is 3.77. The molecule has 1 aliphatic heterocycles. The van der Waals surface area contributed by atoms with Crippen molar-refractivity contribution in [1.29, 1.82) is 0 Å². The second-order valence-corrected chi connectivity index (χ2v) is 7.20. The molecule has 1 aromatic rings. The first-order valence-corrected chi connectivity index (χ1v) is 8.71. The number of thioether (sulfide) groups is 1. The molecule has 1 unspecified atom stereocenters. The predicted molar refractivity (Wildman–Crippen MR) is 90.2 cm³/mol. The van der Waals surface area contributed by atoms with Crippen LogP contribution in [0.1, 0.15) is 36.5 Å². The number of hydrogen-bond donors (Lipinski definition) is 0. The number of carbonyl (C=O) groups excluding carboxylic acids is 1. The SMILES string of the molecule is CCSC1CCCCN(C(=O)c2ccnc(N(C)C)c2)C1. The summed E-state index contributed by atoms with van der Waals surface area (Å²) in [6, 6.07) is 3.71. The molecule has 4 nitrogen and oxygen atoms in total. The zero-order chi connectivity index (χ0) is 15.2. The Kier molecular flexibility index (Phi) is 5.91. The zero-order valence-electron chi connectivity index (χ0n) is 13.2. The lowest BCUT2D eigenvalue weighted by Crippen LogP contribution is -2.35. The zero-order valence-corrected chi connectivity index (χ0v) is 14.0. The van der Waals surface area contributed by atoms with Gasteiger partial charge >= 0.3 is 0 Å². The molecule has 0 radical (unpaired) electrons. The van der Waals surface area contributed by atoms with Crippen molar-refractivity contribution in [2.45, 2.75) is 31.4 Å². The van der Waals surface area contributed by atoms with Crippen LogP contribution in [0.25, 0.3) is 0 Å². The van der Waals surface area contributed by atoms with Crippen LogP contribution in [0, 0.1) is 0 Å². The number of hydrogen-bond acceptors (Lipinski definition) is 4. The van der Waals surface area contributed by atoms with Gasteiger partial charge in [-0.2, -0.15) is 11.8 Å². The third-order valence-corrected chi connectivity index (χ3v) is 4.96. The molecule has 2 rings (SSSR count). The van der Waals surface area contributed by atoms with Gasteiger partial charge in [-0.25, -0.2) is 4.98 Å². The van der Waals surface area contributed by atoms with Gasteiger partial charge in [0.15, 0.2) is 0 Å². The van der Waals surface area contributed by atoms with Crippen molar-refractivity contribution in [3.05, 3.63) is 23.9 Å². The fourth-order valence-corrected chi connectivity index (χ4v) is 3.73. The molecule has 1 fully saturated rings. The molecule has 1 aliphatic rings. The third kappa shape index (κ3) is 4.37. The summed E-state index contributed by atoms with van der Waals surface area (Å²) >= 11 is 1.98. The molecule has 116 valence electrons. The van der Waals surface area contributed by atoms with Gasteiger partial charge in [0.05, 0.1) is 0 Å². The quantitative estimate of drug-likeness (QED) is 0.857. The summed E-state index contributed by atoms with van der Waals surface area (Å²) in [7, 11) is 3.88. The molecule has 0 spiro atoms. The van der Waals surface area contributed by atoms with Gasteiger partial charge < -0.3 is 9.80 Å². The maximum atomic E-state index is 12.7. The minimum Gasteiger partial charge on any atom is -0.363 e. The van der Waals surface area contributed by atoms with Crippen molar-refractivity contribution in [3.63, 3.8) is 0 Å². The summed E-state index contributed by atoms with van der Waals surface area (Å²) in [5, 5.41) is 0.580. The van der Waals surface area contributed by atoms with Gasteiger partial charge in [0.2, 0.25) is 0 Å². The van der Waals surface area contributed by atoms with Crippen LogP contribution in [-0.2, 0) is 0 Å². The van der Waals surface area contributed by atoms with Gasteiger partial charge in [0.25, 0.3) is 5.91 Å². The van der Waals surface area contributed by atoms with Crippen LogP contribution in [-0.4, -0.2) is 54.0 Å². The smallest absolute Gasteiger partial charge is 0.254 e. The topological polar surface area (TPSA) is 36.4 Å². The molecule has 1 saturated heterocycles. The highest BCUT2D eigenvalue weighted by Crippen LogP contribution is 2.23. The number of aromatic nitrogens is 1. The Balaban J connectivity index is 2.12. The van der Waals surface area contributed by atoms with Crippen LogP contribution < -0.4 is 4.90 Å². The Morgan fingerprint density at radius 3 is 3.00 bits per heavy atom. The van der Waals surface area contributed by atoms with Gasteiger partial charge in [-0.05, 0) is 30.7 Å². The average molecular weight is 307 g/mol. The van der Waals surface area contributed by atoms with E-state index in [1.165, 1.54) is 12.8 Å². The Bertz CT molecular complexity index is 478.